The zero-order chi connectivity index (χ0) is 11.5. The molecule has 0 aromatic carbocycles. The Labute approximate surface area is 93.2 Å². The van der Waals surface area contributed by atoms with Crippen molar-refractivity contribution in [3.63, 3.8) is 0 Å². The van der Waals surface area contributed by atoms with Crippen molar-refractivity contribution in [2.24, 2.45) is 11.1 Å². The van der Waals surface area contributed by atoms with Gasteiger partial charge in [-0.25, -0.2) is 0 Å². The molecule has 2 nitrogen and oxygen atoms in total. The molecule has 1 atom stereocenters. The van der Waals surface area contributed by atoms with E-state index < -0.39 is 0 Å². The summed E-state index contributed by atoms with van der Waals surface area (Å²) < 4.78 is 5.67. The van der Waals surface area contributed by atoms with E-state index in [4.69, 9.17) is 10.5 Å². The summed E-state index contributed by atoms with van der Waals surface area (Å²) in [6.07, 6.45) is 6.28. The molecule has 0 radical (unpaired) electrons. The Morgan fingerprint density at radius 2 is 2.13 bits per heavy atom. The van der Waals surface area contributed by atoms with Crippen LogP contribution in [0.15, 0.2) is 23.5 Å². The Kier molecular flexibility index (Phi) is 3.97. The summed E-state index contributed by atoms with van der Waals surface area (Å²) in [5.41, 5.74) is 7.51. The van der Waals surface area contributed by atoms with Gasteiger partial charge >= 0.3 is 0 Å². The molecule has 1 heterocycles. The Morgan fingerprint density at radius 3 is 2.67 bits per heavy atom. The molecule has 2 N–H and O–H groups in total. The molecule has 2 heteroatoms. The van der Waals surface area contributed by atoms with Crippen molar-refractivity contribution >= 4 is 0 Å². The molecule has 86 valence electrons. The van der Waals surface area contributed by atoms with Gasteiger partial charge in [0, 0.05) is 0 Å². The Balaban J connectivity index is 2.91. The third-order valence-corrected chi connectivity index (χ3v) is 2.72. The number of allylic oxidation sites excluding steroid dienone is 2. The molecule has 1 aliphatic rings. The molecule has 15 heavy (non-hydrogen) atoms. The van der Waals surface area contributed by atoms with E-state index in [1.54, 1.807) is 0 Å². The first kappa shape index (κ1) is 12.3. The van der Waals surface area contributed by atoms with E-state index in [1.807, 2.05) is 0 Å². The predicted octanol–water partition coefficient (Wildman–Crippen LogP) is 3.00. The van der Waals surface area contributed by atoms with Crippen molar-refractivity contribution in [1.29, 1.82) is 0 Å². The zero-order valence-corrected chi connectivity index (χ0v) is 10.3. The third-order valence-electron chi connectivity index (χ3n) is 2.72. The van der Waals surface area contributed by atoms with Gasteiger partial charge in [-0.2, -0.15) is 0 Å². The second-order valence-electron chi connectivity index (χ2n) is 5.11. The van der Waals surface area contributed by atoms with Crippen LogP contribution in [0.2, 0.25) is 0 Å². The summed E-state index contributed by atoms with van der Waals surface area (Å²) in [7, 11) is 0. The van der Waals surface area contributed by atoms with Gasteiger partial charge in [-0.05, 0) is 29.9 Å². The fourth-order valence-electron chi connectivity index (χ4n) is 1.58. The van der Waals surface area contributed by atoms with Gasteiger partial charge in [0.25, 0.3) is 0 Å². The molecular formula is C13H23NO. The number of hydrogen-bond donors (Lipinski definition) is 1. The van der Waals surface area contributed by atoms with Crippen LogP contribution in [-0.2, 0) is 4.74 Å². The van der Waals surface area contributed by atoms with E-state index in [0.29, 0.717) is 0 Å². The van der Waals surface area contributed by atoms with Crippen molar-refractivity contribution in [2.45, 2.75) is 46.6 Å². The van der Waals surface area contributed by atoms with Gasteiger partial charge in [0.15, 0.2) is 0 Å². The van der Waals surface area contributed by atoms with E-state index in [2.05, 4.69) is 39.8 Å². The molecule has 0 bridgehead atoms. The second-order valence-corrected chi connectivity index (χ2v) is 5.11. The topological polar surface area (TPSA) is 35.2 Å². The minimum atomic E-state index is 0.0360. The monoisotopic (exact) mass is 209 g/mol. The molecule has 1 rings (SSSR count). The minimum Gasteiger partial charge on any atom is -0.496 e. The van der Waals surface area contributed by atoms with Crippen LogP contribution in [0.25, 0.3) is 0 Å². The van der Waals surface area contributed by atoms with Crippen LogP contribution < -0.4 is 5.73 Å². The smallest absolute Gasteiger partial charge is 0.113 e. The van der Waals surface area contributed by atoms with Crippen LogP contribution in [0.5, 0.6) is 0 Å². The third kappa shape index (κ3) is 3.38. The van der Waals surface area contributed by atoms with Crippen molar-refractivity contribution in [3.05, 3.63) is 23.5 Å². The molecule has 0 saturated carbocycles. The average molecular weight is 209 g/mol. The largest absolute Gasteiger partial charge is 0.496 e. The first-order valence-corrected chi connectivity index (χ1v) is 5.75. The maximum Gasteiger partial charge on any atom is 0.113 e. The Morgan fingerprint density at radius 1 is 1.47 bits per heavy atom. The highest BCUT2D eigenvalue weighted by Gasteiger charge is 2.19. The SMILES string of the molecule is CC[C@@H](N)C1=CC(C(C)(C)C)=CCCO1. The highest BCUT2D eigenvalue weighted by Crippen LogP contribution is 2.30. The number of hydrogen-bond acceptors (Lipinski definition) is 2. The zero-order valence-electron chi connectivity index (χ0n) is 10.3. The quantitative estimate of drug-likeness (QED) is 0.758. The van der Waals surface area contributed by atoms with E-state index in [1.165, 1.54) is 5.57 Å². The van der Waals surface area contributed by atoms with Gasteiger partial charge in [0.2, 0.25) is 0 Å². The number of rotatable bonds is 2. The fraction of sp³-hybridized carbons (Fsp3) is 0.692. The van der Waals surface area contributed by atoms with Crippen molar-refractivity contribution in [3.8, 4) is 0 Å². The summed E-state index contributed by atoms with van der Waals surface area (Å²) in [5.74, 6) is 0.941. The maximum absolute atomic E-state index is 6.00. The lowest BCUT2D eigenvalue weighted by atomic mass is 9.85. The van der Waals surface area contributed by atoms with Gasteiger partial charge in [-0.3, -0.25) is 0 Å². The van der Waals surface area contributed by atoms with Crippen LogP contribution in [0.3, 0.4) is 0 Å². The van der Waals surface area contributed by atoms with Crippen LogP contribution in [0.4, 0.5) is 0 Å². The van der Waals surface area contributed by atoms with E-state index >= 15 is 0 Å². The van der Waals surface area contributed by atoms with Crippen LogP contribution in [-0.4, -0.2) is 12.6 Å². The fourth-order valence-corrected chi connectivity index (χ4v) is 1.58. The molecule has 0 aromatic rings. The Bertz CT molecular complexity index is 271. The van der Waals surface area contributed by atoms with Crippen molar-refractivity contribution in [1.82, 2.24) is 0 Å². The molecule has 0 saturated heterocycles. The summed E-state index contributed by atoms with van der Waals surface area (Å²) in [5, 5.41) is 0. The molecular weight excluding hydrogens is 186 g/mol. The molecule has 0 amide bonds. The van der Waals surface area contributed by atoms with Gasteiger partial charge in [-0.1, -0.05) is 33.8 Å². The minimum absolute atomic E-state index is 0.0360. The lowest BCUT2D eigenvalue weighted by molar-refractivity contribution is 0.199. The summed E-state index contributed by atoms with van der Waals surface area (Å²) >= 11 is 0. The van der Waals surface area contributed by atoms with Crippen LogP contribution in [0, 0.1) is 5.41 Å². The van der Waals surface area contributed by atoms with Gasteiger partial charge < -0.3 is 10.5 Å². The van der Waals surface area contributed by atoms with Gasteiger partial charge in [0.05, 0.1) is 12.6 Å². The maximum atomic E-state index is 6.00. The van der Waals surface area contributed by atoms with E-state index in [-0.39, 0.29) is 11.5 Å². The van der Waals surface area contributed by atoms with E-state index in [0.717, 1.165) is 25.2 Å². The van der Waals surface area contributed by atoms with Gasteiger partial charge in [-0.15, -0.1) is 0 Å². The highest BCUT2D eigenvalue weighted by atomic mass is 16.5. The van der Waals surface area contributed by atoms with Crippen molar-refractivity contribution in [2.75, 3.05) is 6.61 Å². The highest BCUT2D eigenvalue weighted by molar-refractivity contribution is 5.29. The summed E-state index contributed by atoms with van der Waals surface area (Å²) in [6, 6.07) is 0.0360. The molecule has 0 fully saturated rings. The van der Waals surface area contributed by atoms with Gasteiger partial charge in [0.1, 0.15) is 5.76 Å². The lowest BCUT2D eigenvalue weighted by Crippen LogP contribution is -2.23. The average Bonchev–Trinajstić information content (AvgIpc) is 2.40. The summed E-state index contributed by atoms with van der Waals surface area (Å²) in [6.45, 7) is 9.49. The summed E-state index contributed by atoms with van der Waals surface area (Å²) in [4.78, 5) is 0. The predicted molar refractivity (Wildman–Crippen MR) is 64.5 cm³/mol. The number of ether oxygens (including phenoxy) is 1. The first-order valence-electron chi connectivity index (χ1n) is 5.75. The normalized spacial score (nSPS) is 19.8. The standard InChI is InChI=1S/C13H23NO/c1-5-11(14)12-9-10(13(2,3)4)7-6-8-15-12/h7,9,11H,5-6,8,14H2,1-4H3/t11-/m1/s1. The van der Waals surface area contributed by atoms with E-state index in [9.17, 15) is 0 Å². The Hall–Kier alpha value is -0.760. The molecule has 1 aliphatic heterocycles. The molecule has 0 aromatic heterocycles. The van der Waals surface area contributed by atoms with Crippen molar-refractivity contribution < 1.29 is 4.74 Å². The molecule has 0 spiro atoms. The van der Waals surface area contributed by atoms with Crippen LogP contribution >= 0.6 is 0 Å². The molecule has 0 unspecified atom stereocenters. The molecule has 0 aliphatic carbocycles. The van der Waals surface area contributed by atoms with Crippen LogP contribution in [0.1, 0.15) is 40.5 Å². The lowest BCUT2D eigenvalue weighted by Gasteiger charge is -2.21. The first-order chi connectivity index (χ1) is 6.95. The second kappa shape index (κ2) is 4.84. The number of nitrogens with two attached hydrogens (primary N) is 1.